The van der Waals surface area contributed by atoms with Crippen molar-refractivity contribution >= 4 is 0 Å². The third-order valence-electron chi connectivity index (χ3n) is 3.83. The molecule has 0 spiro atoms. The molecule has 0 saturated heterocycles. The van der Waals surface area contributed by atoms with Gasteiger partial charge in [0, 0.05) is 38.9 Å². The molecule has 0 amide bonds. The summed E-state index contributed by atoms with van der Waals surface area (Å²) in [4.78, 5) is 2.65. The van der Waals surface area contributed by atoms with Crippen molar-refractivity contribution in [3.05, 3.63) is 0 Å². The average molecular weight is 256 g/mol. The van der Waals surface area contributed by atoms with Crippen LogP contribution in [0, 0.1) is 5.92 Å². The van der Waals surface area contributed by atoms with Gasteiger partial charge in [-0.05, 0) is 31.6 Å². The van der Waals surface area contributed by atoms with Gasteiger partial charge in [0.1, 0.15) is 0 Å². The van der Waals surface area contributed by atoms with Gasteiger partial charge in [-0.25, -0.2) is 0 Å². The van der Waals surface area contributed by atoms with Gasteiger partial charge in [-0.1, -0.05) is 26.7 Å². The van der Waals surface area contributed by atoms with E-state index < -0.39 is 0 Å². The predicted octanol–water partition coefficient (Wildman–Crippen LogP) is 2.64. The van der Waals surface area contributed by atoms with Crippen LogP contribution in [-0.4, -0.2) is 43.8 Å². The summed E-state index contributed by atoms with van der Waals surface area (Å²) < 4.78 is 5.09. The highest BCUT2D eigenvalue weighted by Gasteiger charge is 2.24. The first-order valence-corrected chi connectivity index (χ1v) is 7.62. The summed E-state index contributed by atoms with van der Waals surface area (Å²) in [5.74, 6) is 0.733. The highest BCUT2D eigenvalue weighted by atomic mass is 16.5. The minimum atomic E-state index is 0.305. The van der Waals surface area contributed by atoms with Crippen LogP contribution in [0.3, 0.4) is 0 Å². The second-order valence-corrected chi connectivity index (χ2v) is 6.18. The lowest BCUT2D eigenvalue weighted by molar-refractivity contribution is 0.155. The minimum absolute atomic E-state index is 0.305. The molecule has 1 unspecified atom stereocenters. The zero-order chi connectivity index (χ0) is 13.4. The lowest BCUT2D eigenvalue weighted by Crippen LogP contribution is -2.44. The number of ether oxygens (including phenoxy) is 1. The van der Waals surface area contributed by atoms with Gasteiger partial charge in [-0.15, -0.1) is 0 Å². The molecule has 1 aliphatic carbocycles. The maximum absolute atomic E-state index is 6.26. The Balaban J connectivity index is 2.34. The van der Waals surface area contributed by atoms with E-state index in [0.717, 1.165) is 38.0 Å². The lowest BCUT2D eigenvalue weighted by Gasteiger charge is -2.32. The number of hydrogen-bond donors (Lipinski definition) is 1. The molecule has 0 bridgehead atoms. The topological polar surface area (TPSA) is 38.5 Å². The quantitative estimate of drug-likeness (QED) is 0.645. The molecular formula is C15H32N2O. The van der Waals surface area contributed by atoms with Crippen LogP contribution in [0.2, 0.25) is 0 Å². The molecule has 0 heterocycles. The Morgan fingerprint density at radius 2 is 1.89 bits per heavy atom. The Labute approximate surface area is 113 Å². The first-order valence-electron chi connectivity index (χ1n) is 7.62. The van der Waals surface area contributed by atoms with Crippen LogP contribution in [0.1, 0.15) is 52.4 Å². The molecule has 0 aromatic rings. The predicted molar refractivity (Wildman–Crippen MR) is 77.8 cm³/mol. The summed E-state index contributed by atoms with van der Waals surface area (Å²) in [5, 5.41) is 0. The fourth-order valence-corrected chi connectivity index (χ4v) is 2.99. The Hall–Kier alpha value is -0.120. The summed E-state index contributed by atoms with van der Waals surface area (Å²) >= 11 is 0. The van der Waals surface area contributed by atoms with E-state index in [2.05, 4.69) is 18.7 Å². The molecule has 1 atom stereocenters. The summed E-state index contributed by atoms with van der Waals surface area (Å²) in [5.41, 5.74) is 6.26. The highest BCUT2D eigenvalue weighted by Crippen LogP contribution is 2.24. The molecule has 3 heteroatoms. The van der Waals surface area contributed by atoms with E-state index in [0.29, 0.717) is 6.04 Å². The molecule has 0 radical (unpaired) electrons. The van der Waals surface area contributed by atoms with Crippen LogP contribution >= 0.6 is 0 Å². The Kier molecular flexibility index (Phi) is 7.87. The molecule has 1 saturated carbocycles. The van der Waals surface area contributed by atoms with Gasteiger partial charge in [-0.3, -0.25) is 4.90 Å². The fraction of sp³-hybridized carbons (Fsp3) is 1.00. The van der Waals surface area contributed by atoms with Gasteiger partial charge in [0.2, 0.25) is 0 Å². The Bertz CT molecular complexity index is 203. The third kappa shape index (κ3) is 6.17. The maximum atomic E-state index is 6.26. The van der Waals surface area contributed by atoms with Gasteiger partial charge in [0.05, 0.1) is 0 Å². The van der Waals surface area contributed by atoms with Crippen LogP contribution < -0.4 is 5.73 Å². The van der Waals surface area contributed by atoms with Crippen molar-refractivity contribution in [2.24, 2.45) is 11.7 Å². The molecule has 0 aliphatic heterocycles. The van der Waals surface area contributed by atoms with E-state index in [9.17, 15) is 0 Å². The summed E-state index contributed by atoms with van der Waals surface area (Å²) in [6.07, 6.45) is 7.71. The second-order valence-electron chi connectivity index (χ2n) is 6.18. The molecule has 0 aromatic heterocycles. The normalized spacial score (nSPS) is 19.0. The smallest absolute Gasteiger partial charge is 0.0462 e. The molecule has 3 nitrogen and oxygen atoms in total. The molecular weight excluding hydrogens is 224 g/mol. The minimum Gasteiger partial charge on any atom is -0.385 e. The van der Waals surface area contributed by atoms with Crippen molar-refractivity contribution in [1.29, 1.82) is 0 Å². The maximum Gasteiger partial charge on any atom is 0.0462 e. The van der Waals surface area contributed by atoms with Crippen molar-refractivity contribution in [2.45, 2.75) is 64.5 Å². The summed E-state index contributed by atoms with van der Waals surface area (Å²) in [6.45, 7) is 7.70. The zero-order valence-corrected chi connectivity index (χ0v) is 12.5. The number of nitrogens with two attached hydrogens (primary N) is 1. The number of rotatable bonds is 9. The van der Waals surface area contributed by atoms with Crippen molar-refractivity contribution in [3.63, 3.8) is 0 Å². The standard InChI is InChI=1S/C15H32N2O/c1-13(2)11-17(15-8-4-5-9-15)12-14(16)7-6-10-18-3/h13-15H,4-12,16H2,1-3H3. The van der Waals surface area contributed by atoms with E-state index >= 15 is 0 Å². The van der Waals surface area contributed by atoms with E-state index in [1.165, 1.54) is 32.2 Å². The largest absolute Gasteiger partial charge is 0.385 e. The fourth-order valence-electron chi connectivity index (χ4n) is 2.99. The number of nitrogens with zero attached hydrogens (tertiary/aromatic N) is 1. The van der Waals surface area contributed by atoms with Crippen molar-refractivity contribution in [2.75, 3.05) is 26.8 Å². The first-order chi connectivity index (χ1) is 8.63. The van der Waals surface area contributed by atoms with Gasteiger partial charge < -0.3 is 10.5 Å². The Morgan fingerprint density at radius 1 is 1.22 bits per heavy atom. The van der Waals surface area contributed by atoms with E-state index in [1.807, 2.05) is 0 Å². The molecule has 1 aliphatic rings. The Morgan fingerprint density at radius 3 is 2.44 bits per heavy atom. The average Bonchev–Trinajstić information content (AvgIpc) is 2.81. The van der Waals surface area contributed by atoms with Gasteiger partial charge in [0.15, 0.2) is 0 Å². The second kappa shape index (κ2) is 8.89. The number of hydrogen-bond acceptors (Lipinski definition) is 3. The van der Waals surface area contributed by atoms with Crippen LogP contribution in [0.5, 0.6) is 0 Å². The number of methoxy groups -OCH3 is 1. The zero-order valence-electron chi connectivity index (χ0n) is 12.5. The van der Waals surface area contributed by atoms with Gasteiger partial charge in [-0.2, -0.15) is 0 Å². The molecule has 2 N–H and O–H groups in total. The van der Waals surface area contributed by atoms with Crippen LogP contribution in [0.25, 0.3) is 0 Å². The monoisotopic (exact) mass is 256 g/mol. The molecule has 0 aromatic carbocycles. The van der Waals surface area contributed by atoms with Crippen molar-refractivity contribution in [1.82, 2.24) is 4.90 Å². The molecule has 18 heavy (non-hydrogen) atoms. The molecule has 108 valence electrons. The van der Waals surface area contributed by atoms with Crippen LogP contribution in [-0.2, 0) is 4.74 Å². The van der Waals surface area contributed by atoms with E-state index in [4.69, 9.17) is 10.5 Å². The molecule has 1 rings (SSSR count). The van der Waals surface area contributed by atoms with Gasteiger partial charge >= 0.3 is 0 Å². The van der Waals surface area contributed by atoms with Crippen LogP contribution in [0.15, 0.2) is 0 Å². The highest BCUT2D eigenvalue weighted by molar-refractivity contribution is 4.81. The third-order valence-corrected chi connectivity index (χ3v) is 3.83. The summed E-state index contributed by atoms with van der Waals surface area (Å²) in [7, 11) is 1.76. The SMILES string of the molecule is COCCCC(N)CN(CC(C)C)C1CCCC1. The summed E-state index contributed by atoms with van der Waals surface area (Å²) in [6, 6.07) is 1.10. The lowest BCUT2D eigenvalue weighted by atomic mass is 10.1. The van der Waals surface area contributed by atoms with Crippen LogP contribution in [0.4, 0.5) is 0 Å². The van der Waals surface area contributed by atoms with E-state index in [-0.39, 0.29) is 0 Å². The van der Waals surface area contributed by atoms with Crippen molar-refractivity contribution in [3.8, 4) is 0 Å². The van der Waals surface area contributed by atoms with Gasteiger partial charge in [0.25, 0.3) is 0 Å². The molecule has 1 fully saturated rings. The first kappa shape index (κ1) is 15.9. The van der Waals surface area contributed by atoms with E-state index in [1.54, 1.807) is 7.11 Å². The van der Waals surface area contributed by atoms with Crippen molar-refractivity contribution < 1.29 is 4.74 Å².